The number of alkyl carbamates (subject to hydrolysis) is 1. The summed E-state index contributed by atoms with van der Waals surface area (Å²) in [6.45, 7) is 6.16. The molecule has 3 N–H and O–H groups in total. The zero-order valence-electron chi connectivity index (χ0n) is 24.8. The number of nitrogens with one attached hydrogen (secondary N) is 3. The molecule has 3 heterocycles. The lowest BCUT2D eigenvalue weighted by atomic mass is 10.1. The first kappa shape index (κ1) is 31.7. The first-order valence-electron chi connectivity index (χ1n) is 14.1. The molecular weight excluding hydrogens is 620 g/mol. The molecule has 45 heavy (non-hydrogen) atoms. The summed E-state index contributed by atoms with van der Waals surface area (Å²) in [5.74, 6) is -1.22. The van der Waals surface area contributed by atoms with Crippen LogP contribution < -0.4 is 20.7 Å². The molecule has 5 rings (SSSR count). The van der Waals surface area contributed by atoms with E-state index in [4.69, 9.17) is 21.7 Å². The van der Waals surface area contributed by atoms with Crippen molar-refractivity contribution >= 4 is 62.5 Å². The zero-order valence-corrected chi connectivity index (χ0v) is 26.4. The van der Waals surface area contributed by atoms with Gasteiger partial charge in [0.1, 0.15) is 16.6 Å². The number of nitrogens with zero attached hydrogens (tertiary/aromatic N) is 3. The molecule has 0 radical (unpaired) electrons. The van der Waals surface area contributed by atoms with E-state index in [0.717, 1.165) is 16.9 Å². The van der Waals surface area contributed by atoms with Crippen LogP contribution in [0.15, 0.2) is 60.9 Å². The molecular formula is C31H31FN6O5S2. The second kappa shape index (κ2) is 13.5. The number of benzene rings is 2. The molecule has 0 bridgehead atoms. The normalized spacial score (nSPS) is 14.6. The second-order valence-corrected chi connectivity index (χ2v) is 12.8. The third-order valence-electron chi connectivity index (χ3n) is 6.54. The number of aromatic nitrogens is 2. The van der Waals surface area contributed by atoms with Gasteiger partial charge in [0.15, 0.2) is 16.7 Å². The second-order valence-electron chi connectivity index (χ2n) is 11.3. The molecule has 1 atom stereocenters. The van der Waals surface area contributed by atoms with Crippen LogP contribution in [0.3, 0.4) is 0 Å². The largest absolute Gasteiger partial charge is 0.444 e. The Hall–Kier alpha value is -4.69. The maximum Gasteiger partial charge on any atom is 0.407 e. The molecule has 11 nitrogen and oxygen atoms in total. The van der Waals surface area contributed by atoms with Gasteiger partial charge < -0.3 is 30.3 Å². The number of fused-ring (bicyclic) bond motifs is 1. The van der Waals surface area contributed by atoms with E-state index in [-0.39, 0.29) is 41.0 Å². The lowest BCUT2D eigenvalue weighted by Crippen LogP contribution is -2.41. The number of carbonyl (C=O) groups excluding carboxylic acids is 3. The highest BCUT2D eigenvalue weighted by Crippen LogP contribution is 2.35. The third kappa shape index (κ3) is 8.48. The molecule has 1 fully saturated rings. The van der Waals surface area contributed by atoms with Gasteiger partial charge in [-0.2, -0.15) is 0 Å². The molecule has 14 heteroatoms. The van der Waals surface area contributed by atoms with Crippen molar-refractivity contribution in [1.29, 1.82) is 0 Å². The summed E-state index contributed by atoms with van der Waals surface area (Å²) in [5, 5.41) is 8.21. The van der Waals surface area contributed by atoms with Gasteiger partial charge in [-0.25, -0.2) is 19.2 Å². The van der Waals surface area contributed by atoms with Crippen molar-refractivity contribution in [3.8, 4) is 11.6 Å². The summed E-state index contributed by atoms with van der Waals surface area (Å²) < 4.78 is 26.7. The molecule has 1 aliphatic heterocycles. The van der Waals surface area contributed by atoms with Gasteiger partial charge in [0.2, 0.25) is 11.8 Å². The minimum atomic E-state index is -0.696. The van der Waals surface area contributed by atoms with Crippen LogP contribution in [0, 0.1) is 5.82 Å². The molecule has 2 aromatic carbocycles. The van der Waals surface area contributed by atoms with Crippen LogP contribution in [0.2, 0.25) is 0 Å². The highest BCUT2D eigenvalue weighted by atomic mass is 32.1. The summed E-state index contributed by atoms with van der Waals surface area (Å²) in [5.41, 5.74) is 1.01. The van der Waals surface area contributed by atoms with Crippen LogP contribution in [0.5, 0.6) is 11.6 Å². The topological polar surface area (TPSA) is 135 Å². The standard InChI is InChI=1S/C31H31FN6O5S2/c1-31(2,3)43-30(41)36-20-11-12-38(16-20)28(40)24-15-22-26(45-24)27(34-17-33-22)42-23-10-9-19(14-21(23)32)35-29(44)37-25(39)13-18-7-5-4-6-8-18/h4-10,14-15,17,20H,11-13,16H2,1-3H3,(H,36,41)(H2,35,37,39,44). The molecule has 0 spiro atoms. The van der Waals surface area contributed by atoms with Gasteiger partial charge in [-0.3, -0.25) is 9.59 Å². The molecule has 4 aromatic rings. The minimum absolute atomic E-state index is 0.0298. The van der Waals surface area contributed by atoms with E-state index in [2.05, 4.69) is 25.9 Å². The summed E-state index contributed by atoms with van der Waals surface area (Å²) in [4.78, 5) is 48.2. The number of rotatable bonds is 7. The van der Waals surface area contributed by atoms with Gasteiger partial charge in [0.25, 0.3) is 5.91 Å². The van der Waals surface area contributed by atoms with E-state index in [0.29, 0.717) is 40.3 Å². The van der Waals surface area contributed by atoms with Crippen LogP contribution in [0.1, 0.15) is 42.4 Å². The van der Waals surface area contributed by atoms with E-state index in [1.165, 1.54) is 18.5 Å². The van der Waals surface area contributed by atoms with Crippen molar-refractivity contribution < 1.29 is 28.2 Å². The first-order chi connectivity index (χ1) is 21.4. The molecule has 2 aromatic heterocycles. The number of thiocarbonyl (C=S) groups is 1. The lowest BCUT2D eigenvalue weighted by molar-refractivity contribution is -0.119. The quantitative estimate of drug-likeness (QED) is 0.224. The third-order valence-corrected chi connectivity index (χ3v) is 7.85. The summed E-state index contributed by atoms with van der Waals surface area (Å²) >= 11 is 6.34. The number of thiophene rings is 1. The Morgan fingerprint density at radius 1 is 1.11 bits per heavy atom. The fraction of sp³-hybridized carbons (Fsp3) is 0.290. The first-order valence-corrected chi connectivity index (χ1v) is 15.3. The number of hydrogen-bond acceptors (Lipinski definition) is 9. The van der Waals surface area contributed by atoms with Crippen LogP contribution >= 0.6 is 23.6 Å². The van der Waals surface area contributed by atoms with E-state index in [1.807, 2.05) is 30.3 Å². The van der Waals surface area contributed by atoms with E-state index in [9.17, 15) is 14.4 Å². The number of hydrogen-bond donors (Lipinski definition) is 3. The van der Waals surface area contributed by atoms with Gasteiger partial charge in [-0.1, -0.05) is 30.3 Å². The molecule has 3 amide bonds. The Balaban J connectivity index is 1.20. The van der Waals surface area contributed by atoms with Crippen molar-refractivity contribution in [1.82, 2.24) is 25.5 Å². The molecule has 1 saturated heterocycles. The van der Waals surface area contributed by atoms with Gasteiger partial charge in [0.05, 0.1) is 22.9 Å². The van der Waals surface area contributed by atoms with Gasteiger partial charge in [0, 0.05) is 24.8 Å². The molecule has 1 unspecified atom stereocenters. The average molecular weight is 651 g/mol. The molecule has 1 aliphatic rings. The summed E-state index contributed by atoms with van der Waals surface area (Å²) in [7, 11) is 0. The summed E-state index contributed by atoms with van der Waals surface area (Å²) in [6.07, 6.45) is 1.50. The number of amides is 3. The van der Waals surface area contributed by atoms with Crippen molar-refractivity contribution in [2.24, 2.45) is 0 Å². The number of anilines is 1. The maximum atomic E-state index is 15.1. The highest BCUT2D eigenvalue weighted by Gasteiger charge is 2.30. The minimum Gasteiger partial charge on any atom is -0.444 e. The predicted octanol–water partition coefficient (Wildman–Crippen LogP) is 5.42. The SMILES string of the molecule is CC(C)(C)OC(=O)NC1CCN(C(=O)c2cc3ncnc(Oc4ccc(NC(=S)NC(=O)Cc5ccccc5)cc4F)c3s2)C1. The zero-order chi connectivity index (χ0) is 32.1. The number of likely N-dealkylation sites (tertiary alicyclic amines) is 1. The van der Waals surface area contributed by atoms with Gasteiger partial charge in [-0.05, 0) is 63.2 Å². The van der Waals surface area contributed by atoms with Crippen molar-refractivity contribution in [3.63, 3.8) is 0 Å². The Labute approximate surface area is 268 Å². The Morgan fingerprint density at radius 3 is 2.62 bits per heavy atom. The van der Waals surface area contributed by atoms with Crippen molar-refractivity contribution in [2.45, 2.75) is 45.3 Å². The molecule has 234 valence electrons. The Bertz CT molecular complexity index is 1740. The van der Waals surface area contributed by atoms with E-state index in [1.54, 1.807) is 37.8 Å². The van der Waals surface area contributed by atoms with Crippen LogP contribution in [0.25, 0.3) is 10.2 Å². The Morgan fingerprint density at radius 2 is 1.89 bits per heavy atom. The fourth-order valence-corrected chi connectivity index (χ4v) is 5.82. The number of halogens is 1. The van der Waals surface area contributed by atoms with Crippen LogP contribution in [-0.4, -0.2) is 62.6 Å². The highest BCUT2D eigenvalue weighted by molar-refractivity contribution is 7.80. The predicted molar refractivity (Wildman–Crippen MR) is 172 cm³/mol. The van der Waals surface area contributed by atoms with Crippen molar-refractivity contribution in [2.75, 3.05) is 18.4 Å². The summed E-state index contributed by atoms with van der Waals surface area (Å²) in [6, 6.07) is 14.8. The monoisotopic (exact) mass is 650 g/mol. The molecule has 0 saturated carbocycles. The smallest absolute Gasteiger partial charge is 0.407 e. The maximum absolute atomic E-state index is 15.1. The van der Waals surface area contributed by atoms with Gasteiger partial charge in [-0.15, -0.1) is 11.3 Å². The van der Waals surface area contributed by atoms with Crippen LogP contribution in [0.4, 0.5) is 14.9 Å². The number of carbonyl (C=O) groups is 3. The average Bonchev–Trinajstić information content (AvgIpc) is 3.61. The molecule has 0 aliphatic carbocycles. The van der Waals surface area contributed by atoms with E-state index >= 15 is 4.39 Å². The van der Waals surface area contributed by atoms with Crippen molar-refractivity contribution in [3.05, 3.63) is 77.2 Å². The van der Waals surface area contributed by atoms with Crippen LogP contribution in [-0.2, 0) is 16.0 Å². The number of ether oxygens (including phenoxy) is 2. The van der Waals surface area contributed by atoms with E-state index < -0.39 is 17.5 Å². The van der Waals surface area contributed by atoms with Gasteiger partial charge >= 0.3 is 6.09 Å². The lowest BCUT2D eigenvalue weighted by Gasteiger charge is -2.22. The fourth-order valence-electron chi connectivity index (χ4n) is 4.58. The Kier molecular flexibility index (Phi) is 9.54.